The molecule has 2 nitrogen and oxygen atoms in total. The molecule has 3 heteroatoms. The number of thiophene rings is 1. The molecule has 1 atom stereocenters. The van der Waals surface area contributed by atoms with Gasteiger partial charge in [-0.3, -0.25) is 0 Å². The van der Waals surface area contributed by atoms with E-state index in [1.165, 1.54) is 16.9 Å². The highest BCUT2D eigenvalue weighted by atomic mass is 32.1. The van der Waals surface area contributed by atoms with Crippen molar-refractivity contribution in [3.05, 3.63) is 52.2 Å². The maximum absolute atomic E-state index is 9.25. The van der Waals surface area contributed by atoms with Gasteiger partial charge in [-0.25, -0.2) is 0 Å². The fourth-order valence-electron chi connectivity index (χ4n) is 1.98. The molecular weight excluding hydrogens is 242 g/mol. The second-order valence-electron chi connectivity index (χ2n) is 4.40. The molecule has 0 saturated heterocycles. The minimum absolute atomic E-state index is 0.321. The van der Waals surface area contributed by atoms with Crippen molar-refractivity contribution in [2.75, 3.05) is 0 Å². The van der Waals surface area contributed by atoms with Crippen LogP contribution in [0.5, 0.6) is 5.75 Å². The quantitative estimate of drug-likeness (QED) is 0.821. The number of phenolic OH excluding ortho intramolecular Hbond substituents is 1. The Morgan fingerprint density at radius 2 is 2.00 bits per heavy atom. The van der Waals surface area contributed by atoms with Crippen LogP contribution in [0.2, 0.25) is 0 Å². The summed E-state index contributed by atoms with van der Waals surface area (Å²) < 4.78 is 0. The number of benzene rings is 1. The summed E-state index contributed by atoms with van der Waals surface area (Å²) in [4.78, 5) is 1.40. The molecule has 0 aliphatic rings. The first kappa shape index (κ1) is 13.1. The zero-order chi connectivity index (χ0) is 12.8. The summed E-state index contributed by atoms with van der Waals surface area (Å²) in [6.45, 7) is 3.05. The molecule has 0 aliphatic heterocycles. The number of nitrogens with one attached hydrogen (secondary N) is 1. The number of hydrogen-bond donors (Lipinski definition) is 2. The molecule has 2 aromatic rings. The van der Waals surface area contributed by atoms with Crippen LogP contribution in [0.1, 0.15) is 36.2 Å². The van der Waals surface area contributed by atoms with Gasteiger partial charge >= 0.3 is 0 Å². The van der Waals surface area contributed by atoms with Crippen molar-refractivity contribution in [1.82, 2.24) is 5.32 Å². The van der Waals surface area contributed by atoms with E-state index in [4.69, 9.17) is 0 Å². The molecule has 0 bridgehead atoms. The lowest BCUT2D eigenvalue weighted by molar-refractivity contribution is 0.474. The van der Waals surface area contributed by atoms with Crippen molar-refractivity contribution < 1.29 is 5.11 Å². The van der Waals surface area contributed by atoms with Crippen molar-refractivity contribution in [1.29, 1.82) is 0 Å². The van der Waals surface area contributed by atoms with Gasteiger partial charge < -0.3 is 10.4 Å². The predicted molar refractivity (Wildman–Crippen MR) is 76.9 cm³/mol. The fourth-order valence-corrected chi connectivity index (χ4v) is 2.81. The summed E-state index contributed by atoms with van der Waals surface area (Å²) in [5, 5.41) is 15.0. The summed E-state index contributed by atoms with van der Waals surface area (Å²) in [5.74, 6) is 0.321. The molecular formula is C15H19NOS. The average molecular weight is 261 g/mol. The summed E-state index contributed by atoms with van der Waals surface area (Å²) in [7, 11) is 0. The van der Waals surface area contributed by atoms with Crippen LogP contribution in [-0.2, 0) is 6.54 Å². The monoisotopic (exact) mass is 261 g/mol. The highest BCUT2D eigenvalue weighted by molar-refractivity contribution is 7.10. The van der Waals surface area contributed by atoms with Crippen LogP contribution < -0.4 is 5.32 Å². The minimum Gasteiger partial charge on any atom is -0.508 e. The second kappa shape index (κ2) is 6.57. The van der Waals surface area contributed by atoms with Crippen LogP contribution in [0.4, 0.5) is 0 Å². The minimum atomic E-state index is 0.321. The van der Waals surface area contributed by atoms with Gasteiger partial charge in [0.15, 0.2) is 0 Å². The highest BCUT2D eigenvalue weighted by Gasteiger charge is 2.10. The Morgan fingerprint density at radius 3 is 2.61 bits per heavy atom. The van der Waals surface area contributed by atoms with E-state index in [0.29, 0.717) is 11.8 Å². The SMILES string of the molecule is CCCC(NCc1ccc(O)cc1)c1cccs1. The summed E-state index contributed by atoms with van der Waals surface area (Å²) >= 11 is 1.81. The van der Waals surface area contributed by atoms with Gasteiger partial charge in [-0.05, 0) is 35.6 Å². The topological polar surface area (TPSA) is 32.3 Å². The van der Waals surface area contributed by atoms with Gasteiger partial charge in [-0.1, -0.05) is 31.5 Å². The van der Waals surface area contributed by atoms with E-state index in [9.17, 15) is 5.11 Å². The van der Waals surface area contributed by atoms with Crippen LogP contribution >= 0.6 is 11.3 Å². The maximum Gasteiger partial charge on any atom is 0.115 e. The van der Waals surface area contributed by atoms with Crippen molar-refractivity contribution in [3.8, 4) is 5.75 Å². The Labute approximate surface area is 112 Å². The Morgan fingerprint density at radius 1 is 1.22 bits per heavy atom. The third-order valence-electron chi connectivity index (χ3n) is 2.95. The molecule has 1 aromatic carbocycles. The van der Waals surface area contributed by atoms with E-state index in [-0.39, 0.29) is 0 Å². The van der Waals surface area contributed by atoms with Gasteiger partial charge in [-0.2, -0.15) is 0 Å². The van der Waals surface area contributed by atoms with E-state index in [1.54, 1.807) is 23.5 Å². The van der Waals surface area contributed by atoms with Crippen LogP contribution in [0.25, 0.3) is 0 Å². The van der Waals surface area contributed by atoms with Gasteiger partial charge in [0.25, 0.3) is 0 Å². The standard InChI is InChI=1S/C15H19NOS/c1-2-4-14(15-5-3-10-18-15)16-11-12-6-8-13(17)9-7-12/h3,5-10,14,16-17H,2,4,11H2,1H3. The van der Waals surface area contributed by atoms with Crippen molar-refractivity contribution in [3.63, 3.8) is 0 Å². The summed E-state index contributed by atoms with van der Waals surface area (Å²) in [6, 6.07) is 12.1. The van der Waals surface area contributed by atoms with Crippen LogP contribution in [0.3, 0.4) is 0 Å². The van der Waals surface area contributed by atoms with Gasteiger partial charge in [0.05, 0.1) is 0 Å². The van der Waals surface area contributed by atoms with Crippen molar-refractivity contribution in [2.45, 2.75) is 32.4 Å². The van der Waals surface area contributed by atoms with E-state index in [0.717, 1.165) is 13.0 Å². The molecule has 2 rings (SSSR count). The third kappa shape index (κ3) is 3.59. The smallest absolute Gasteiger partial charge is 0.115 e. The molecule has 0 saturated carbocycles. The van der Waals surface area contributed by atoms with Gasteiger partial charge in [0, 0.05) is 17.5 Å². The van der Waals surface area contributed by atoms with Crippen LogP contribution in [0.15, 0.2) is 41.8 Å². The first-order valence-electron chi connectivity index (χ1n) is 6.34. The Kier molecular flexibility index (Phi) is 4.79. The summed E-state index contributed by atoms with van der Waals surface area (Å²) in [6.07, 6.45) is 2.32. The van der Waals surface area contributed by atoms with Gasteiger partial charge in [-0.15, -0.1) is 11.3 Å². The van der Waals surface area contributed by atoms with E-state index >= 15 is 0 Å². The van der Waals surface area contributed by atoms with Crippen molar-refractivity contribution in [2.24, 2.45) is 0 Å². The first-order chi connectivity index (χ1) is 8.79. The normalized spacial score (nSPS) is 12.5. The number of rotatable bonds is 6. The fraction of sp³-hybridized carbons (Fsp3) is 0.333. The zero-order valence-corrected chi connectivity index (χ0v) is 11.4. The molecule has 0 amide bonds. The average Bonchev–Trinajstić information content (AvgIpc) is 2.90. The molecule has 0 fully saturated rings. The van der Waals surface area contributed by atoms with Gasteiger partial charge in [0.2, 0.25) is 0 Å². The molecule has 2 N–H and O–H groups in total. The largest absolute Gasteiger partial charge is 0.508 e. The van der Waals surface area contributed by atoms with Crippen molar-refractivity contribution >= 4 is 11.3 Å². The number of hydrogen-bond acceptors (Lipinski definition) is 3. The predicted octanol–water partition coefficient (Wildman–Crippen LogP) is 4.08. The lowest BCUT2D eigenvalue weighted by Gasteiger charge is -2.16. The zero-order valence-electron chi connectivity index (χ0n) is 10.6. The molecule has 96 valence electrons. The molecule has 1 aromatic heterocycles. The molecule has 0 radical (unpaired) electrons. The highest BCUT2D eigenvalue weighted by Crippen LogP contribution is 2.23. The lowest BCUT2D eigenvalue weighted by Crippen LogP contribution is -2.19. The Hall–Kier alpha value is -1.32. The Balaban J connectivity index is 1.95. The number of phenols is 1. The van der Waals surface area contributed by atoms with Gasteiger partial charge in [0.1, 0.15) is 5.75 Å². The molecule has 1 heterocycles. The van der Waals surface area contributed by atoms with Crippen LogP contribution in [-0.4, -0.2) is 5.11 Å². The molecule has 0 spiro atoms. The van der Waals surface area contributed by atoms with E-state index < -0.39 is 0 Å². The summed E-state index contributed by atoms with van der Waals surface area (Å²) in [5.41, 5.74) is 1.20. The molecule has 18 heavy (non-hydrogen) atoms. The lowest BCUT2D eigenvalue weighted by atomic mass is 10.1. The molecule has 0 aliphatic carbocycles. The Bertz CT molecular complexity index is 450. The number of aromatic hydroxyl groups is 1. The van der Waals surface area contributed by atoms with E-state index in [1.807, 2.05) is 12.1 Å². The van der Waals surface area contributed by atoms with Crippen LogP contribution in [0, 0.1) is 0 Å². The second-order valence-corrected chi connectivity index (χ2v) is 5.38. The first-order valence-corrected chi connectivity index (χ1v) is 7.22. The molecule has 1 unspecified atom stereocenters. The maximum atomic E-state index is 9.25. The van der Waals surface area contributed by atoms with E-state index in [2.05, 4.69) is 29.8 Å². The third-order valence-corrected chi connectivity index (χ3v) is 3.94.